The largest absolute Gasteiger partial charge is 0.434 e. The number of aryl methyl sites for hydroxylation is 1. The Morgan fingerprint density at radius 2 is 2.23 bits per heavy atom. The first-order valence-corrected chi connectivity index (χ1v) is 10.1. The summed E-state index contributed by atoms with van der Waals surface area (Å²) < 4.78 is 36.9. The summed E-state index contributed by atoms with van der Waals surface area (Å²) in [6.45, 7) is 0.855. The number of nitrogens with one attached hydrogen (secondary N) is 2. The van der Waals surface area contributed by atoms with Gasteiger partial charge in [0, 0.05) is 36.7 Å². The number of alkyl halides is 2. The summed E-state index contributed by atoms with van der Waals surface area (Å²) >= 11 is 6.01. The number of hydrogen-bond donors (Lipinski definition) is 2. The third kappa shape index (κ3) is 7.42. The first kappa shape index (κ1) is 25.5. The second-order valence-corrected chi connectivity index (χ2v) is 7.20. The average molecular weight is 571 g/mol. The zero-order valence-electron chi connectivity index (χ0n) is 17.3. The molecule has 1 aliphatic heterocycles. The molecule has 0 aliphatic carbocycles. The average Bonchev–Trinajstić information content (AvgIpc) is 3.09. The van der Waals surface area contributed by atoms with Crippen molar-refractivity contribution in [2.75, 3.05) is 13.7 Å². The van der Waals surface area contributed by atoms with E-state index in [2.05, 4.69) is 30.4 Å². The zero-order valence-corrected chi connectivity index (χ0v) is 20.4. The molecule has 1 aromatic carbocycles. The van der Waals surface area contributed by atoms with Crippen LogP contribution in [0, 0.1) is 0 Å². The number of nitrogens with zero attached hydrogens (tertiary/aromatic N) is 4. The second-order valence-electron chi connectivity index (χ2n) is 6.77. The molecule has 8 nitrogen and oxygen atoms in total. The van der Waals surface area contributed by atoms with E-state index in [0.717, 1.165) is 18.7 Å². The van der Waals surface area contributed by atoms with E-state index in [1.54, 1.807) is 13.2 Å². The van der Waals surface area contributed by atoms with Crippen LogP contribution in [0.5, 0.6) is 5.75 Å². The Labute approximate surface area is 201 Å². The van der Waals surface area contributed by atoms with Gasteiger partial charge in [0.25, 0.3) is 0 Å². The van der Waals surface area contributed by atoms with E-state index < -0.39 is 6.61 Å². The molecule has 0 radical (unpaired) electrons. The summed E-state index contributed by atoms with van der Waals surface area (Å²) in [6, 6.07) is 4.60. The number of methoxy groups -OCH3 is 1. The van der Waals surface area contributed by atoms with Crippen LogP contribution in [-0.2, 0) is 30.9 Å². The molecule has 2 heterocycles. The van der Waals surface area contributed by atoms with E-state index in [1.165, 1.54) is 12.1 Å². The lowest BCUT2D eigenvalue weighted by molar-refractivity contribution is -0.0504. The first-order valence-electron chi connectivity index (χ1n) is 9.68. The van der Waals surface area contributed by atoms with Crippen LogP contribution in [0.1, 0.15) is 30.6 Å². The predicted molar refractivity (Wildman–Crippen MR) is 124 cm³/mol. The van der Waals surface area contributed by atoms with Crippen LogP contribution in [0.2, 0.25) is 5.02 Å². The molecule has 3 rings (SSSR count). The third-order valence-corrected chi connectivity index (χ3v) is 4.74. The fraction of sp³-hybridized carbons (Fsp3) is 0.526. The summed E-state index contributed by atoms with van der Waals surface area (Å²) in [7, 11) is 1.61. The molecule has 1 unspecified atom stereocenters. The fourth-order valence-electron chi connectivity index (χ4n) is 3.23. The first-order chi connectivity index (χ1) is 14.5. The molecule has 12 heteroatoms. The Hall–Kier alpha value is -1.73. The molecular formula is C19H26ClF2IN6O2. The third-order valence-electron chi connectivity index (χ3n) is 4.51. The number of guanidine groups is 1. The minimum Gasteiger partial charge on any atom is -0.434 e. The quantitative estimate of drug-likeness (QED) is 0.288. The van der Waals surface area contributed by atoms with Gasteiger partial charge in [-0.25, -0.2) is 14.7 Å². The molecule has 31 heavy (non-hydrogen) atoms. The minimum atomic E-state index is -2.91. The number of aliphatic imine (C=N–C) groups is 1. The molecule has 0 bridgehead atoms. The molecule has 0 saturated heterocycles. The van der Waals surface area contributed by atoms with E-state index in [9.17, 15) is 8.78 Å². The molecule has 2 aromatic rings. The Morgan fingerprint density at radius 3 is 2.94 bits per heavy atom. The highest BCUT2D eigenvalue weighted by molar-refractivity contribution is 14.0. The molecule has 2 N–H and O–H groups in total. The van der Waals surface area contributed by atoms with Gasteiger partial charge in [-0.05, 0) is 31.5 Å². The molecule has 0 fully saturated rings. The maximum absolute atomic E-state index is 12.7. The van der Waals surface area contributed by atoms with Gasteiger partial charge >= 0.3 is 6.61 Å². The SMILES string of the molecule is CCNC(=NCc1cc(Cl)ccc1OC(F)F)NC1CCc2nc(COC)nn2C1.I. The van der Waals surface area contributed by atoms with E-state index in [-0.39, 0.29) is 42.3 Å². The number of benzene rings is 1. The van der Waals surface area contributed by atoms with Crippen LogP contribution >= 0.6 is 35.6 Å². The lowest BCUT2D eigenvalue weighted by Gasteiger charge is -2.25. The van der Waals surface area contributed by atoms with E-state index in [0.29, 0.717) is 42.1 Å². The molecule has 0 amide bonds. The number of ether oxygens (including phenoxy) is 2. The van der Waals surface area contributed by atoms with E-state index in [4.69, 9.17) is 16.3 Å². The van der Waals surface area contributed by atoms with Gasteiger partial charge in [0.15, 0.2) is 11.8 Å². The van der Waals surface area contributed by atoms with Crippen molar-refractivity contribution >= 4 is 41.5 Å². The lowest BCUT2D eigenvalue weighted by atomic mass is 10.1. The maximum Gasteiger partial charge on any atom is 0.387 e. The zero-order chi connectivity index (χ0) is 21.5. The van der Waals surface area contributed by atoms with Crippen molar-refractivity contribution in [3.8, 4) is 5.75 Å². The lowest BCUT2D eigenvalue weighted by Crippen LogP contribution is -2.47. The van der Waals surface area contributed by atoms with Gasteiger partial charge in [-0.2, -0.15) is 13.9 Å². The number of halogens is 4. The topological polar surface area (TPSA) is 85.6 Å². The van der Waals surface area contributed by atoms with Crippen LogP contribution in [0.3, 0.4) is 0 Å². The van der Waals surface area contributed by atoms with Gasteiger partial charge in [0.1, 0.15) is 18.2 Å². The molecule has 1 atom stereocenters. The fourth-order valence-corrected chi connectivity index (χ4v) is 3.42. The molecule has 0 saturated carbocycles. The van der Waals surface area contributed by atoms with Gasteiger partial charge < -0.3 is 20.1 Å². The predicted octanol–water partition coefficient (Wildman–Crippen LogP) is 3.37. The molecule has 1 aliphatic rings. The number of rotatable bonds is 8. The standard InChI is InChI=1S/C19H25ClF2N6O2.HI/c1-3-23-19(24-9-12-8-13(20)4-6-15(12)30-18(21)22)25-14-5-7-17-26-16(11-29-2)27-28(17)10-14;/h4,6,8,14,18H,3,5,7,9-11H2,1-2H3,(H2,23,24,25);1H. The van der Waals surface area contributed by atoms with Crippen LogP contribution in [0.15, 0.2) is 23.2 Å². The Kier molecular flexibility index (Phi) is 10.2. The minimum absolute atomic E-state index is 0. The number of fused-ring (bicyclic) bond motifs is 1. The monoisotopic (exact) mass is 570 g/mol. The molecule has 172 valence electrons. The highest BCUT2D eigenvalue weighted by Crippen LogP contribution is 2.25. The van der Waals surface area contributed by atoms with Crippen molar-refractivity contribution in [1.29, 1.82) is 0 Å². The van der Waals surface area contributed by atoms with Crippen LogP contribution in [-0.4, -0.2) is 47.0 Å². The number of hydrogen-bond acceptors (Lipinski definition) is 5. The van der Waals surface area contributed by atoms with E-state index in [1.807, 2.05) is 11.6 Å². The Morgan fingerprint density at radius 1 is 1.42 bits per heavy atom. The van der Waals surface area contributed by atoms with Crippen molar-refractivity contribution in [1.82, 2.24) is 25.4 Å². The highest BCUT2D eigenvalue weighted by Gasteiger charge is 2.22. The van der Waals surface area contributed by atoms with Gasteiger partial charge in [-0.3, -0.25) is 0 Å². The van der Waals surface area contributed by atoms with Gasteiger partial charge in [-0.15, -0.1) is 24.0 Å². The number of aromatic nitrogens is 3. The van der Waals surface area contributed by atoms with E-state index >= 15 is 0 Å². The van der Waals surface area contributed by atoms with Crippen molar-refractivity contribution in [3.63, 3.8) is 0 Å². The summed E-state index contributed by atoms with van der Waals surface area (Å²) in [4.78, 5) is 9.00. The molecule has 0 spiro atoms. The van der Waals surface area contributed by atoms with Gasteiger partial charge in [0.05, 0.1) is 13.1 Å². The summed E-state index contributed by atoms with van der Waals surface area (Å²) in [6.07, 6.45) is 1.65. The van der Waals surface area contributed by atoms with Crippen molar-refractivity contribution in [2.45, 2.75) is 52.1 Å². The van der Waals surface area contributed by atoms with Crippen molar-refractivity contribution in [2.24, 2.45) is 4.99 Å². The van der Waals surface area contributed by atoms with Crippen molar-refractivity contribution in [3.05, 3.63) is 40.4 Å². The maximum atomic E-state index is 12.7. The van der Waals surface area contributed by atoms with Gasteiger partial charge in [-0.1, -0.05) is 11.6 Å². The summed E-state index contributed by atoms with van der Waals surface area (Å²) in [5.74, 6) is 2.24. The summed E-state index contributed by atoms with van der Waals surface area (Å²) in [5, 5.41) is 11.5. The summed E-state index contributed by atoms with van der Waals surface area (Å²) in [5.41, 5.74) is 0.478. The second kappa shape index (κ2) is 12.3. The van der Waals surface area contributed by atoms with Crippen LogP contribution in [0.25, 0.3) is 0 Å². The molecule has 1 aromatic heterocycles. The Bertz CT molecular complexity index is 883. The Balaban J connectivity index is 0.00000341. The van der Waals surface area contributed by atoms with Crippen molar-refractivity contribution < 1.29 is 18.3 Å². The smallest absolute Gasteiger partial charge is 0.387 e. The van der Waals surface area contributed by atoms with Crippen LogP contribution in [0.4, 0.5) is 8.78 Å². The van der Waals surface area contributed by atoms with Crippen LogP contribution < -0.4 is 15.4 Å². The normalized spacial score (nSPS) is 15.9. The van der Waals surface area contributed by atoms with Gasteiger partial charge in [0.2, 0.25) is 0 Å². The highest BCUT2D eigenvalue weighted by atomic mass is 127. The molecular weight excluding hydrogens is 545 g/mol.